The lowest BCUT2D eigenvalue weighted by atomic mass is 10.0. The van der Waals surface area contributed by atoms with Gasteiger partial charge in [0.25, 0.3) is 10.0 Å². The van der Waals surface area contributed by atoms with Crippen LogP contribution in [0.1, 0.15) is 34.0 Å². The number of sulfonamides is 1. The molecule has 3 aromatic rings. The minimum Gasteiger partial charge on any atom is -0.374 e. The third-order valence-corrected chi connectivity index (χ3v) is 11.0. The van der Waals surface area contributed by atoms with Crippen molar-refractivity contribution >= 4 is 50.0 Å². The van der Waals surface area contributed by atoms with E-state index in [1.807, 2.05) is 23.2 Å². The molecule has 1 unspecified atom stereocenters. The number of thiazole rings is 1. The Bertz CT molecular complexity index is 1330. The lowest BCUT2D eigenvalue weighted by Gasteiger charge is -2.33. The molecule has 0 spiro atoms. The van der Waals surface area contributed by atoms with Gasteiger partial charge in [0.1, 0.15) is 9.22 Å². The second-order valence-corrected chi connectivity index (χ2v) is 13.3. The number of nitrogens with one attached hydrogen (secondary N) is 1. The molecule has 1 amide bonds. The van der Waals surface area contributed by atoms with Crippen molar-refractivity contribution in [3.05, 3.63) is 56.9 Å². The fourth-order valence-corrected chi connectivity index (χ4v) is 8.06. The van der Waals surface area contributed by atoms with Gasteiger partial charge >= 0.3 is 0 Å². The second-order valence-electron chi connectivity index (χ2n) is 9.01. The molecule has 11 heteroatoms. The number of piperazine rings is 1. The smallest absolute Gasteiger partial charge is 0.273 e. The van der Waals surface area contributed by atoms with Crippen LogP contribution in [0.3, 0.4) is 0 Å². The molecule has 186 valence electrons. The van der Waals surface area contributed by atoms with Gasteiger partial charge in [-0.15, -0.1) is 22.7 Å². The Kier molecular flexibility index (Phi) is 6.60. The quantitative estimate of drug-likeness (QED) is 0.522. The number of thiophene rings is 1. The largest absolute Gasteiger partial charge is 0.374 e. The van der Waals surface area contributed by atoms with E-state index in [-0.39, 0.29) is 11.9 Å². The fourth-order valence-electron chi connectivity index (χ4n) is 4.68. The molecule has 35 heavy (non-hydrogen) atoms. The molecule has 0 radical (unpaired) electrons. The standard InChI is InChI=1S/C24H29N5O3S3/c1-16-6-7-21(27(3)35(31,32)22-5-4-12-33-22)23-19(16)13-20(26-23)24-25-14-18(34-24)15-28-8-10-29(11-9-28)17(2)30/h4-7,12,14,20,26H,8-11,13,15H2,1-3H3. The number of hydrogen-bond donors (Lipinski definition) is 1. The number of aryl methyl sites for hydroxylation is 1. The molecule has 2 aliphatic heterocycles. The summed E-state index contributed by atoms with van der Waals surface area (Å²) in [6.45, 7) is 7.79. The predicted octanol–water partition coefficient (Wildman–Crippen LogP) is 3.71. The van der Waals surface area contributed by atoms with Crippen LogP contribution < -0.4 is 9.62 Å². The Hall–Kier alpha value is -2.47. The van der Waals surface area contributed by atoms with Crippen molar-refractivity contribution in [3.63, 3.8) is 0 Å². The molecule has 1 saturated heterocycles. The van der Waals surface area contributed by atoms with E-state index < -0.39 is 10.0 Å². The molecule has 1 fully saturated rings. The third kappa shape index (κ3) is 4.69. The Balaban J connectivity index is 1.32. The zero-order chi connectivity index (χ0) is 24.7. The number of carbonyl (C=O) groups is 1. The number of benzene rings is 1. The minimum absolute atomic E-state index is 0.0102. The Morgan fingerprint density at radius 3 is 2.69 bits per heavy atom. The fraction of sp³-hybridized carbons (Fsp3) is 0.417. The normalized spacial score (nSPS) is 18.4. The van der Waals surface area contributed by atoms with Crippen LogP contribution >= 0.6 is 22.7 Å². The first kappa shape index (κ1) is 24.2. The maximum atomic E-state index is 13.2. The average Bonchev–Trinajstić information content (AvgIpc) is 3.60. The highest BCUT2D eigenvalue weighted by atomic mass is 32.2. The zero-order valence-corrected chi connectivity index (χ0v) is 22.5. The number of fused-ring (bicyclic) bond motifs is 1. The van der Waals surface area contributed by atoms with Gasteiger partial charge in [-0.1, -0.05) is 12.1 Å². The number of carbonyl (C=O) groups excluding carboxylic acids is 1. The van der Waals surface area contributed by atoms with E-state index in [9.17, 15) is 13.2 Å². The van der Waals surface area contributed by atoms with Gasteiger partial charge in [0.2, 0.25) is 5.91 Å². The molecular weight excluding hydrogens is 502 g/mol. The summed E-state index contributed by atoms with van der Waals surface area (Å²) in [5.41, 5.74) is 3.80. The van der Waals surface area contributed by atoms with Crippen molar-refractivity contribution in [2.24, 2.45) is 0 Å². The topological polar surface area (TPSA) is 85.9 Å². The molecule has 8 nitrogen and oxygen atoms in total. The number of hydrogen-bond acceptors (Lipinski definition) is 8. The molecule has 0 saturated carbocycles. The predicted molar refractivity (Wildman–Crippen MR) is 141 cm³/mol. The van der Waals surface area contributed by atoms with Crippen LogP contribution in [0, 0.1) is 6.92 Å². The average molecular weight is 532 g/mol. The molecule has 2 aliphatic rings. The van der Waals surface area contributed by atoms with Gasteiger partial charge in [0, 0.05) is 64.2 Å². The molecule has 1 aromatic carbocycles. The summed E-state index contributed by atoms with van der Waals surface area (Å²) in [4.78, 5) is 21.7. The zero-order valence-electron chi connectivity index (χ0n) is 20.0. The number of nitrogens with zero attached hydrogens (tertiary/aromatic N) is 4. The van der Waals surface area contributed by atoms with E-state index >= 15 is 0 Å². The van der Waals surface area contributed by atoms with E-state index in [2.05, 4.69) is 17.1 Å². The highest BCUT2D eigenvalue weighted by Gasteiger charge is 2.32. The molecule has 1 N–H and O–H groups in total. The first-order valence-electron chi connectivity index (χ1n) is 11.6. The molecule has 2 aromatic heterocycles. The van der Waals surface area contributed by atoms with Crippen molar-refractivity contribution in [2.45, 2.75) is 37.1 Å². The van der Waals surface area contributed by atoms with Crippen molar-refractivity contribution in [3.8, 4) is 0 Å². The maximum Gasteiger partial charge on any atom is 0.273 e. The first-order chi connectivity index (χ1) is 16.7. The van der Waals surface area contributed by atoms with Gasteiger partial charge in [-0.3, -0.25) is 14.0 Å². The van der Waals surface area contributed by atoms with Crippen LogP contribution in [0.2, 0.25) is 0 Å². The van der Waals surface area contributed by atoms with Gasteiger partial charge in [0.05, 0.1) is 17.4 Å². The molecule has 5 rings (SSSR count). The Labute approximate surface area is 214 Å². The summed E-state index contributed by atoms with van der Waals surface area (Å²) >= 11 is 2.92. The highest BCUT2D eigenvalue weighted by molar-refractivity contribution is 7.94. The summed E-state index contributed by atoms with van der Waals surface area (Å²) in [6, 6.07) is 7.27. The van der Waals surface area contributed by atoms with Crippen molar-refractivity contribution in [2.75, 3.05) is 42.8 Å². The van der Waals surface area contributed by atoms with Gasteiger partial charge < -0.3 is 10.2 Å². The summed E-state index contributed by atoms with van der Waals surface area (Å²) in [7, 11) is -2.00. The van der Waals surface area contributed by atoms with Crippen molar-refractivity contribution in [1.29, 1.82) is 0 Å². The number of amides is 1. The number of anilines is 2. The van der Waals surface area contributed by atoms with E-state index in [0.717, 1.165) is 61.0 Å². The first-order valence-corrected chi connectivity index (χ1v) is 14.7. The van der Waals surface area contributed by atoms with Crippen LogP contribution in [-0.2, 0) is 27.8 Å². The summed E-state index contributed by atoms with van der Waals surface area (Å²) in [5.74, 6) is 0.139. The van der Waals surface area contributed by atoms with Crippen LogP contribution in [0.5, 0.6) is 0 Å². The van der Waals surface area contributed by atoms with Crippen molar-refractivity contribution in [1.82, 2.24) is 14.8 Å². The number of aromatic nitrogens is 1. The van der Waals surface area contributed by atoms with Crippen LogP contribution in [0.25, 0.3) is 0 Å². The van der Waals surface area contributed by atoms with Gasteiger partial charge in [-0.2, -0.15) is 0 Å². The summed E-state index contributed by atoms with van der Waals surface area (Å²) in [6.07, 6.45) is 2.72. The SMILES string of the molecule is CC(=O)N1CCN(Cc2cnc(C3Cc4c(C)ccc(N(C)S(=O)(=O)c5cccs5)c4N3)s2)CC1. The monoisotopic (exact) mass is 531 g/mol. The third-order valence-electron chi connectivity index (χ3n) is 6.77. The van der Waals surface area contributed by atoms with E-state index in [0.29, 0.717) is 9.90 Å². The Morgan fingerprint density at radius 1 is 1.23 bits per heavy atom. The Morgan fingerprint density at radius 2 is 2.00 bits per heavy atom. The summed E-state index contributed by atoms with van der Waals surface area (Å²) in [5, 5.41) is 6.36. The van der Waals surface area contributed by atoms with E-state index in [1.165, 1.54) is 20.5 Å². The molecule has 1 atom stereocenters. The van der Waals surface area contributed by atoms with Gasteiger partial charge in [0.15, 0.2) is 0 Å². The molecular formula is C24H29N5O3S3. The van der Waals surface area contributed by atoms with E-state index in [4.69, 9.17) is 4.98 Å². The second kappa shape index (κ2) is 9.53. The number of rotatable bonds is 6. The molecule has 0 aliphatic carbocycles. The minimum atomic E-state index is -3.62. The van der Waals surface area contributed by atoms with Crippen molar-refractivity contribution < 1.29 is 13.2 Å². The van der Waals surface area contributed by atoms with Crippen LogP contribution in [0.15, 0.2) is 40.1 Å². The van der Waals surface area contributed by atoms with Gasteiger partial charge in [-0.05, 0) is 35.6 Å². The van der Waals surface area contributed by atoms with Gasteiger partial charge in [-0.25, -0.2) is 13.4 Å². The lowest BCUT2D eigenvalue weighted by molar-refractivity contribution is -0.130. The maximum absolute atomic E-state index is 13.2. The van der Waals surface area contributed by atoms with Crippen LogP contribution in [0.4, 0.5) is 11.4 Å². The highest BCUT2D eigenvalue weighted by Crippen LogP contribution is 2.44. The summed E-state index contributed by atoms with van der Waals surface area (Å²) < 4.78 is 28.0. The molecule has 0 bridgehead atoms. The van der Waals surface area contributed by atoms with Crippen LogP contribution in [-0.4, -0.2) is 62.3 Å². The lowest BCUT2D eigenvalue weighted by Crippen LogP contribution is -2.47. The molecule has 4 heterocycles. The van der Waals surface area contributed by atoms with E-state index in [1.54, 1.807) is 42.8 Å².